The van der Waals surface area contributed by atoms with E-state index >= 15 is 0 Å². The zero-order chi connectivity index (χ0) is 14.6. The number of hydrogen-bond acceptors (Lipinski definition) is 4. The Morgan fingerprint density at radius 1 is 1.53 bits per heavy atom. The minimum Gasteiger partial charge on any atom is -0.396 e. The van der Waals surface area contributed by atoms with E-state index in [2.05, 4.69) is 15.3 Å². The van der Waals surface area contributed by atoms with Crippen molar-refractivity contribution in [2.45, 2.75) is 33.6 Å². The zero-order valence-corrected chi connectivity index (χ0v) is 12.5. The van der Waals surface area contributed by atoms with Crippen LogP contribution in [0.3, 0.4) is 0 Å². The van der Waals surface area contributed by atoms with Crippen LogP contribution < -0.4 is 5.32 Å². The Labute approximate surface area is 118 Å². The summed E-state index contributed by atoms with van der Waals surface area (Å²) in [6.45, 7) is 7.93. The predicted octanol–water partition coefficient (Wildman–Crippen LogP) is 2.00. The first-order chi connectivity index (χ1) is 8.76. The fraction of sp³-hybridized carbons (Fsp3) is 0.615. The quantitative estimate of drug-likeness (QED) is 0.868. The molecule has 1 amide bonds. The highest BCUT2D eigenvalue weighted by molar-refractivity contribution is 6.33. The van der Waals surface area contributed by atoms with Crippen molar-refractivity contribution in [3.63, 3.8) is 0 Å². The maximum Gasteiger partial charge on any atom is 0.271 e. The number of carbonyl (C=O) groups is 1. The summed E-state index contributed by atoms with van der Waals surface area (Å²) >= 11 is 5.94. The molecule has 106 valence electrons. The molecule has 0 aliphatic rings. The van der Waals surface area contributed by atoms with Crippen molar-refractivity contribution in [2.75, 3.05) is 13.2 Å². The number of rotatable bonds is 5. The van der Waals surface area contributed by atoms with Gasteiger partial charge in [0, 0.05) is 24.5 Å². The molecule has 0 bridgehead atoms. The molecule has 0 saturated heterocycles. The van der Waals surface area contributed by atoms with Crippen LogP contribution in [0.15, 0.2) is 6.20 Å². The molecule has 0 aromatic carbocycles. The summed E-state index contributed by atoms with van der Waals surface area (Å²) in [7, 11) is 0. The monoisotopic (exact) mass is 285 g/mol. The van der Waals surface area contributed by atoms with E-state index in [1.54, 1.807) is 0 Å². The molecule has 0 spiro atoms. The van der Waals surface area contributed by atoms with Gasteiger partial charge < -0.3 is 10.4 Å². The van der Waals surface area contributed by atoms with Crippen molar-refractivity contribution in [1.29, 1.82) is 0 Å². The van der Waals surface area contributed by atoms with Gasteiger partial charge in [-0.15, -0.1) is 0 Å². The molecule has 0 atom stereocenters. The van der Waals surface area contributed by atoms with E-state index in [9.17, 15) is 4.79 Å². The number of carbonyl (C=O) groups excluding carboxylic acids is 1. The second-order valence-electron chi connectivity index (χ2n) is 5.58. The Morgan fingerprint density at radius 3 is 2.68 bits per heavy atom. The predicted molar refractivity (Wildman–Crippen MR) is 74.3 cm³/mol. The molecular formula is C13H20ClN3O2. The summed E-state index contributed by atoms with van der Waals surface area (Å²) in [6, 6.07) is 0. The van der Waals surface area contributed by atoms with Crippen LogP contribution in [0.2, 0.25) is 5.02 Å². The third-order valence-corrected chi connectivity index (χ3v) is 2.93. The number of amides is 1. The molecule has 1 aromatic heterocycles. The molecule has 5 nitrogen and oxygen atoms in total. The molecule has 0 aliphatic heterocycles. The smallest absolute Gasteiger partial charge is 0.271 e. The lowest BCUT2D eigenvalue weighted by Crippen LogP contribution is -2.36. The Kier molecular flexibility index (Phi) is 5.26. The molecule has 0 aliphatic carbocycles. The largest absolute Gasteiger partial charge is 0.396 e. The summed E-state index contributed by atoms with van der Waals surface area (Å²) in [6.07, 6.45) is 1.44. The molecule has 1 aromatic rings. The standard InChI is InChI=1S/C13H20ClN3O2/c1-8(2)11-15-5-9(14)10(17-11)12(19)16-6-13(3,4)7-18/h5,8,18H,6-7H2,1-4H3,(H,16,19). The second-order valence-corrected chi connectivity index (χ2v) is 5.99. The van der Waals surface area contributed by atoms with E-state index in [0.717, 1.165) is 0 Å². The fourth-order valence-electron chi connectivity index (χ4n) is 1.28. The Balaban J connectivity index is 2.85. The number of hydrogen-bond donors (Lipinski definition) is 2. The molecule has 6 heteroatoms. The van der Waals surface area contributed by atoms with E-state index in [4.69, 9.17) is 16.7 Å². The molecule has 1 rings (SSSR count). The number of aliphatic hydroxyl groups excluding tert-OH is 1. The highest BCUT2D eigenvalue weighted by Crippen LogP contribution is 2.17. The van der Waals surface area contributed by atoms with Gasteiger partial charge in [0.2, 0.25) is 0 Å². The minimum absolute atomic E-state index is 0.0119. The molecule has 1 heterocycles. The van der Waals surface area contributed by atoms with Crippen LogP contribution in [0.5, 0.6) is 0 Å². The molecule has 0 fully saturated rings. The van der Waals surface area contributed by atoms with E-state index in [1.807, 2.05) is 27.7 Å². The third-order valence-electron chi connectivity index (χ3n) is 2.65. The van der Waals surface area contributed by atoms with Crippen molar-refractivity contribution >= 4 is 17.5 Å². The van der Waals surface area contributed by atoms with E-state index < -0.39 is 0 Å². The van der Waals surface area contributed by atoms with Gasteiger partial charge in [-0.25, -0.2) is 9.97 Å². The Bertz CT molecular complexity index is 461. The Hall–Kier alpha value is -1.20. The van der Waals surface area contributed by atoms with Gasteiger partial charge in [-0.3, -0.25) is 4.79 Å². The first-order valence-corrected chi connectivity index (χ1v) is 6.56. The van der Waals surface area contributed by atoms with Crippen molar-refractivity contribution in [3.8, 4) is 0 Å². The normalized spacial score (nSPS) is 11.7. The van der Waals surface area contributed by atoms with Crippen molar-refractivity contribution in [3.05, 3.63) is 22.7 Å². The van der Waals surface area contributed by atoms with E-state index in [1.165, 1.54) is 6.20 Å². The van der Waals surface area contributed by atoms with Crippen LogP contribution in [0.1, 0.15) is 49.9 Å². The second kappa shape index (κ2) is 6.30. The molecule has 0 unspecified atom stereocenters. The van der Waals surface area contributed by atoms with Crippen LogP contribution in [0.4, 0.5) is 0 Å². The maximum atomic E-state index is 12.0. The number of halogens is 1. The Morgan fingerprint density at radius 2 is 2.16 bits per heavy atom. The lowest BCUT2D eigenvalue weighted by molar-refractivity contribution is 0.0906. The number of nitrogens with zero attached hydrogens (tertiary/aromatic N) is 2. The minimum atomic E-state index is -0.379. The third kappa shape index (κ3) is 4.44. The van der Waals surface area contributed by atoms with Gasteiger partial charge >= 0.3 is 0 Å². The average molecular weight is 286 g/mol. The SMILES string of the molecule is CC(C)c1ncc(Cl)c(C(=O)NCC(C)(C)CO)n1. The molecule has 19 heavy (non-hydrogen) atoms. The first-order valence-electron chi connectivity index (χ1n) is 6.18. The summed E-state index contributed by atoms with van der Waals surface area (Å²) < 4.78 is 0. The fourth-order valence-corrected chi connectivity index (χ4v) is 1.45. The van der Waals surface area contributed by atoms with Crippen molar-refractivity contribution in [2.24, 2.45) is 5.41 Å². The number of nitrogens with one attached hydrogen (secondary N) is 1. The van der Waals surface area contributed by atoms with Gasteiger partial charge in [-0.05, 0) is 0 Å². The lowest BCUT2D eigenvalue weighted by atomic mass is 9.95. The van der Waals surface area contributed by atoms with Crippen LogP contribution in [0, 0.1) is 5.41 Å². The van der Waals surface area contributed by atoms with Crippen LogP contribution in [-0.2, 0) is 0 Å². The molecular weight excluding hydrogens is 266 g/mol. The summed E-state index contributed by atoms with van der Waals surface area (Å²) in [5, 5.41) is 12.1. The first kappa shape index (κ1) is 15.9. The number of aliphatic hydroxyl groups is 1. The zero-order valence-electron chi connectivity index (χ0n) is 11.7. The molecule has 0 radical (unpaired) electrons. The summed E-state index contributed by atoms with van der Waals surface area (Å²) in [5.74, 6) is 0.351. The maximum absolute atomic E-state index is 12.0. The van der Waals surface area contributed by atoms with Crippen molar-refractivity contribution < 1.29 is 9.90 Å². The lowest BCUT2D eigenvalue weighted by Gasteiger charge is -2.21. The molecule has 0 saturated carbocycles. The summed E-state index contributed by atoms with van der Waals surface area (Å²) in [5.41, 5.74) is -0.204. The van der Waals surface area contributed by atoms with E-state index in [-0.39, 0.29) is 34.6 Å². The molecule has 2 N–H and O–H groups in total. The van der Waals surface area contributed by atoms with Gasteiger partial charge in [0.15, 0.2) is 0 Å². The van der Waals surface area contributed by atoms with Crippen LogP contribution in [-0.4, -0.2) is 34.1 Å². The highest BCUT2D eigenvalue weighted by Gasteiger charge is 2.20. The summed E-state index contributed by atoms with van der Waals surface area (Å²) in [4.78, 5) is 20.3. The van der Waals surface area contributed by atoms with Gasteiger partial charge in [0.1, 0.15) is 11.5 Å². The van der Waals surface area contributed by atoms with Crippen molar-refractivity contribution in [1.82, 2.24) is 15.3 Å². The van der Waals surface area contributed by atoms with Gasteiger partial charge in [0.05, 0.1) is 11.2 Å². The van der Waals surface area contributed by atoms with Gasteiger partial charge in [-0.1, -0.05) is 39.3 Å². The van der Waals surface area contributed by atoms with E-state index in [0.29, 0.717) is 12.4 Å². The van der Waals surface area contributed by atoms with Crippen LogP contribution >= 0.6 is 11.6 Å². The number of aromatic nitrogens is 2. The average Bonchev–Trinajstić information content (AvgIpc) is 2.36. The van der Waals surface area contributed by atoms with Crippen LogP contribution in [0.25, 0.3) is 0 Å². The van der Waals surface area contributed by atoms with Gasteiger partial charge in [0.25, 0.3) is 5.91 Å². The highest BCUT2D eigenvalue weighted by atomic mass is 35.5. The van der Waals surface area contributed by atoms with Gasteiger partial charge in [-0.2, -0.15) is 0 Å². The topological polar surface area (TPSA) is 75.1 Å².